The zero-order valence-corrected chi connectivity index (χ0v) is 16.4. The summed E-state index contributed by atoms with van der Waals surface area (Å²) in [5.41, 5.74) is 7.80. The molecule has 0 aliphatic carbocycles. The molecule has 0 radical (unpaired) electrons. The minimum atomic E-state index is -0.346. The first-order valence-corrected chi connectivity index (χ1v) is 9.19. The number of nitrogens with zero attached hydrogens (tertiary/aromatic N) is 3. The van der Waals surface area contributed by atoms with Gasteiger partial charge >= 0.3 is 0 Å². The molecule has 1 amide bonds. The Hall–Kier alpha value is -2.70. The molecule has 1 fully saturated rings. The Morgan fingerprint density at radius 3 is 2.50 bits per heavy atom. The van der Waals surface area contributed by atoms with Crippen molar-refractivity contribution in [3.05, 3.63) is 76.1 Å². The molecule has 0 saturated carbocycles. The molecule has 2 aromatic carbocycles. The van der Waals surface area contributed by atoms with Crippen LogP contribution < -0.4 is 11.2 Å². The van der Waals surface area contributed by atoms with Crippen molar-refractivity contribution in [3.8, 4) is 0 Å². The van der Waals surface area contributed by atoms with Crippen molar-refractivity contribution < 1.29 is 4.79 Å². The van der Waals surface area contributed by atoms with Crippen LogP contribution in [0.4, 0.5) is 0 Å². The van der Waals surface area contributed by atoms with Crippen LogP contribution in [0.5, 0.6) is 0 Å². The Morgan fingerprint density at radius 2 is 1.79 bits per heavy atom. The molecule has 7 heteroatoms. The van der Waals surface area contributed by atoms with Crippen LogP contribution in [0.15, 0.2) is 59.4 Å². The number of para-hydroxylation sites is 1. The van der Waals surface area contributed by atoms with Crippen LogP contribution in [0, 0.1) is 0 Å². The molecule has 3 aromatic rings. The highest BCUT2D eigenvalue weighted by Crippen LogP contribution is 2.27. The molecule has 2 atom stereocenters. The third-order valence-electron chi connectivity index (χ3n) is 5.24. The number of carbonyl (C=O) groups is 1. The van der Waals surface area contributed by atoms with Crippen LogP contribution in [-0.2, 0) is 6.54 Å². The highest BCUT2D eigenvalue weighted by Gasteiger charge is 2.35. The fourth-order valence-electron chi connectivity index (χ4n) is 3.82. The van der Waals surface area contributed by atoms with E-state index in [9.17, 15) is 9.59 Å². The maximum atomic E-state index is 13.1. The van der Waals surface area contributed by atoms with E-state index in [1.807, 2.05) is 49.4 Å². The van der Waals surface area contributed by atoms with Crippen molar-refractivity contribution in [2.45, 2.75) is 25.4 Å². The van der Waals surface area contributed by atoms with Gasteiger partial charge in [0.2, 0.25) is 5.43 Å². The van der Waals surface area contributed by atoms with Gasteiger partial charge in [0.25, 0.3) is 5.91 Å². The number of rotatable bonds is 3. The van der Waals surface area contributed by atoms with Gasteiger partial charge in [-0.05, 0) is 24.6 Å². The minimum Gasteiger partial charge on any atom is -0.335 e. The number of nitrogens with two attached hydrogens (primary N) is 1. The van der Waals surface area contributed by atoms with Crippen molar-refractivity contribution in [2.75, 3.05) is 13.1 Å². The maximum Gasteiger partial charge on any atom is 0.278 e. The molecule has 1 aliphatic rings. The van der Waals surface area contributed by atoms with Gasteiger partial charge in [-0.1, -0.05) is 42.5 Å². The molecule has 28 heavy (non-hydrogen) atoms. The third kappa shape index (κ3) is 3.41. The normalized spacial score (nSPS) is 18.9. The van der Waals surface area contributed by atoms with Crippen LogP contribution in [-0.4, -0.2) is 39.7 Å². The molecular formula is C21H23ClN4O2. The van der Waals surface area contributed by atoms with Gasteiger partial charge in [-0.15, -0.1) is 12.4 Å². The fourth-order valence-corrected chi connectivity index (χ4v) is 3.82. The lowest BCUT2D eigenvalue weighted by molar-refractivity contribution is 0.0779. The smallest absolute Gasteiger partial charge is 0.278 e. The molecule has 0 spiro atoms. The largest absolute Gasteiger partial charge is 0.335 e. The Bertz CT molecular complexity index is 1050. The lowest BCUT2D eigenvalue weighted by atomic mass is 9.95. The molecule has 0 bridgehead atoms. The predicted octanol–water partition coefficient (Wildman–Crippen LogP) is 2.41. The topological polar surface area (TPSA) is 81.2 Å². The first-order chi connectivity index (χ1) is 13.1. The summed E-state index contributed by atoms with van der Waals surface area (Å²) in [6.45, 7) is 3.42. The van der Waals surface area contributed by atoms with Crippen molar-refractivity contribution >= 4 is 29.2 Å². The number of hydrogen-bond donors (Lipinski definition) is 1. The van der Waals surface area contributed by atoms with Crippen LogP contribution in [0.1, 0.15) is 28.9 Å². The lowest BCUT2D eigenvalue weighted by Gasteiger charge is -2.17. The second-order valence-corrected chi connectivity index (χ2v) is 6.90. The van der Waals surface area contributed by atoms with Crippen LogP contribution >= 0.6 is 12.4 Å². The summed E-state index contributed by atoms with van der Waals surface area (Å²) in [5, 5.41) is 4.87. The zero-order chi connectivity index (χ0) is 19.0. The number of hydrogen-bond acceptors (Lipinski definition) is 4. The van der Waals surface area contributed by atoms with E-state index in [0.29, 0.717) is 25.0 Å². The van der Waals surface area contributed by atoms with Crippen molar-refractivity contribution in [2.24, 2.45) is 5.73 Å². The van der Waals surface area contributed by atoms with Gasteiger partial charge in [0, 0.05) is 37.0 Å². The van der Waals surface area contributed by atoms with Gasteiger partial charge in [0.15, 0.2) is 5.69 Å². The average Bonchev–Trinajstić information content (AvgIpc) is 3.10. The first-order valence-electron chi connectivity index (χ1n) is 9.19. The number of aromatic nitrogens is 2. The number of halogens is 1. The summed E-state index contributed by atoms with van der Waals surface area (Å²) in [4.78, 5) is 27.6. The molecule has 2 N–H and O–H groups in total. The zero-order valence-electron chi connectivity index (χ0n) is 15.6. The van der Waals surface area contributed by atoms with Crippen molar-refractivity contribution in [1.29, 1.82) is 0 Å². The van der Waals surface area contributed by atoms with E-state index in [1.54, 1.807) is 21.7 Å². The molecule has 1 aromatic heterocycles. The summed E-state index contributed by atoms with van der Waals surface area (Å²) in [6.07, 6.45) is 0. The second-order valence-electron chi connectivity index (χ2n) is 6.90. The van der Waals surface area contributed by atoms with Gasteiger partial charge in [0.1, 0.15) is 0 Å². The van der Waals surface area contributed by atoms with E-state index in [4.69, 9.17) is 5.73 Å². The number of likely N-dealkylation sites (tertiary alicyclic amines) is 1. The monoisotopic (exact) mass is 398 g/mol. The van der Waals surface area contributed by atoms with E-state index >= 15 is 0 Å². The van der Waals surface area contributed by atoms with E-state index in [-0.39, 0.29) is 41.4 Å². The summed E-state index contributed by atoms with van der Waals surface area (Å²) < 4.78 is 1.70. The number of carbonyl (C=O) groups excluding carboxylic acids is 1. The van der Waals surface area contributed by atoms with E-state index in [2.05, 4.69) is 5.10 Å². The SMILES string of the molecule is CCn1nc(C(=O)N2C[C@@H](N)[C@H](c3ccccc3)C2)c(=O)c2ccccc21.Cl. The molecule has 0 unspecified atom stereocenters. The maximum absolute atomic E-state index is 13.1. The van der Waals surface area contributed by atoms with E-state index in [1.165, 1.54) is 0 Å². The van der Waals surface area contributed by atoms with Gasteiger partial charge in [-0.3, -0.25) is 14.3 Å². The second kappa shape index (κ2) is 8.12. The van der Waals surface area contributed by atoms with Crippen LogP contribution in [0.3, 0.4) is 0 Å². The van der Waals surface area contributed by atoms with Gasteiger partial charge in [-0.25, -0.2) is 0 Å². The molecule has 146 valence electrons. The number of aryl methyl sites for hydroxylation is 1. The number of amides is 1. The number of benzene rings is 2. The van der Waals surface area contributed by atoms with Crippen LogP contribution in [0.2, 0.25) is 0 Å². The lowest BCUT2D eigenvalue weighted by Crippen LogP contribution is -2.36. The molecular weight excluding hydrogens is 376 g/mol. The minimum absolute atomic E-state index is 0. The summed E-state index contributed by atoms with van der Waals surface area (Å²) in [5.74, 6) is -0.286. The van der Waals surface area contributed by atoms with Crippen molar-refractivity contribution in [1.82, 2.24) is 14.7 Å². The Kier molecular flexibility index (Phi) is 5.82. The third-order valence-corrected chi connectivity index (χ3v) is 5.24. The Balaban J connectivity index is 0.00000225. The standard InChI is InChI=1S/C21H22N4O2.ClH/c1-2-25-18-11-7-6-10-15(18)20(26)19(23-25)21(27)24-12-16(17(22)13-24)14-8-4-3-5-9-14;/h3-11,16-17H,2,12-13,22H2,1H3;1H/t16-,17+;/m0./s1. The summed E-state index contributed by atoms with van der Waals surface area (Å²) in [7, 11) is 0. The van der Waals surface area contributed by atoms with Crippen LogP contribution in [0.25, 0.3) is 10.9 Å². The highest BCUT2D eigenvalue weighted by atomic mass is 35.5. The summed E-state index contributed by atoms with van der Waals surface area (Å²) in [6, 6.07) is 17.0. The van der Waals surface area contributed by atoms with Gasteiger partial charge in [0.05, 0.1) is 5.52 Å². The molecule has 2 heterocycles. The van der Waals surface area contributed by atoms with E-state index in [0.717, 1.165) is 11.1 Å². The fraction of sp³-hybridized carbons (Fsp3) is 0.286. The molecule has 4 rings (SSSR count). The van der Waals surface area contributed by atoms with Gasteiger partial charge < -0.3 is 10.6 Å². The van der Waals surface area contributed by atoms with E-state index < -0.39 is 0 Å². The first kappa shape index (κ1) is 20.0. The number of fused-ring (bicyclic) bond motifs is 1. The van der Waals surface area contributed by atoms with Gasteiger partial charge in [-0.2, -0.15) is 5.10 Å². The van der Waals surface area contributed by atoms with Crippen molar-refractivity contribution in [3.63, 3.8) is 0 Å². The summed E-state index contributed by atoms with van der Waals surface area (Å²) >= 11 is 0. The Labute approximate surface area is 169 Å². The predicted molar refractivity (Wildman–Crippen MR) is 112 cm³/mol. The average molecular weight is 399 g/mol. The highest BCUT2D eigenvalue weighted by molar-refractivity contribution is 5.95. The molecule has 6 nitrogen and oxygen atoms in total. The quantitative estimate of drug-likeness (QED) is 0.734. The Morgan fingerprint density at radius 1 is 1.11 bits per heavy atom. The molecule has 1 saturated heterocycles. The molecule has 1 aliphatic heterocycles.